The minimum atomic E-state index is -0.554. The number of rotatable bonds is 4. The minimum absolute atomic E-state index is 0.113. The van der Waals surface area contributed by atoms with Gasteiger partial charge in [0.2, 0.25) is 0 Å². The molecule has 3 aromatic carbocycles. The van der Waals surface area contributed by atoms with Crippen LogP contribution in [0.4, 0.5) is 9.59 Å². The summed E-state index contributed by atoms with van der Waals surface area (Å²) in [4.78, 5) is 39.8. The molecule has 2 aliphatic heterocycles. The molecule has 2 saturated heterocycles. The summed E-state index contributed by atoms with van der Waals surface area (Å²) in [5.74, 6) is 2.13. The molecule has 51 heavy (non-hydrogen) atoms. The Morgan fingerprint density at radius 1 is 0.667 bits per heavy atom. The van der Waals surface area contributed by atoms with E-state index in [1.54, 1.807) is 0 Å². The third-order valence-electron chi connectivity index (χ3n) is 10.00. The smallest absolute Gasteiger partial charge is 0.410 e. The van der Waals surface area contributed by atoms with Gasteiger partial charge < -0.3 is 18.6 Å². The second-order valence-corrected chi connectivity index (χ2v) is 16.4. The molecule has 2 aliphatic rings. The number of carbonyl (C=O) groups is 2. The van der Waals surface area contributed by atoms with Gasteiger partial charge in [-0.25, -0.2) is 19.6 Å². The summed E-state index contributed by atoms with van der Waals surface area (Å²) in [6.07, 6.45) is 2.06. The van der Waals surface area contributed by atoms with Gasteiger partial charge in [0.1, 0.15) is 22.9 Å². The lowest BCUT2D eigenvalue weighted by molar-refractivity contribution is 0.0204. The molecule has 2 amide bonds. The Labute approximate surface area is 300 Å². The fourth-order valence-corrected chi connectivity index (χ4v) is 7.61. The number of imidazole rings is 2. The van der Waals surface area contributed by atoms with Crippen LogP contribution >= 0.6 is 0 Å². The first-order valence-corrected chi connectivity index (χ1v) is 18.1. The number of ether oxygens (including phenoxy) is 2. The van der Waals surface area contributed by atoms with Crippen LogP contribution in [0.15, 0.2) is 60.7 Å². The quantitative estimate of drug-likeness (QED) is 0.187. The van der Waals surface area contributed by atoms with Crippen LogP contribution in [0.5, 0.6) is 0 Å². The molecule has 7 rings (SSSR count). The van der Waals surface area contributed by atoms with Crippen molar-refractivity contribution in [3.8, 4) is 22.3 Å². The number of benzene rings is 3. The SMILES string of the molecule is C[C@H]1C[C@@H](c2nc3ccc(-c4ccc(-c5ccc6nc([C@@H]7CCCN7C(=O)OC(C)(C)C)n(C)c6c5)cc4)cc3n2C)N(C(=O)OC(C)(C)C)C1. The second kappa shape index (κ2) is 12.7. The molecule has 0 bridgehead atoms. The average Bonchev–Trinajstić information content (AvgIpc) is 3.84. The largest absolute Gasteiger partial charge is 0.444 e. The summed E-state index contributed by atoms with van der Waals surface area (Å²) >= 11 is 0. The molecule has 2 aromatic heterocycles. The Kier molecular flexibility index (Phi) is 8.63. The summed E-state index contributed by atoms with van der Waals surface area (Å²) < 4.78 is 15.7. The van der Waals surface area contributed by atoms with E-state index < -0.39 is 11.2 Å². The van der Waals surface area contributed by atoms with Gasteiger partial charge in [0.25, 0.3) is 0 Å². The Balaban J connectivity index is 1.12. The molecule has 5 aromatic rings. The number of carbonyl (C=O) groups excluding carboxylic acids is 2. The average molecular weight is 691 g/mol. The molecule has 4 heterocycles. The highest BCUT2D eigenvalue weighted by Gasteiger charge is 2.39. The van der Waals surface area contributed by atoms with E-state index in [0.29, 0.717) is 19.0 Å². The van der Waals surface area contributed by atoms with Crippen molar-refractivity contribution in [2.45, 2.75) is 91.0 Å². The van der Waals surface area contributed by atoms with Crippen molar-refractivity contribution in [3.05, 3.63) is 72.3 Å². The molecule has 0 saturated carbocycles. The first kappa shape index (κ1) is 34.6. The fourth-order valence-electron chi connectivity index (χ4n) is 7.61. The van der Waals surface area contributed by atoms with Crippen LogP contribution in [-0.2, 0) is 23.6 Å². The van der Waals surface area contributed by atoms with Crippen molar-refractivity contribution in [1.29, 1.82) is 0 Å². The van der Waals surface area contributed by atoms with Gasteiger partial charge >= 0.3 is 12.2 Å². The van der Waals surface area contributed by atoms with Crippen molar-refractivity contribution in [1.82, 2.24) is 28.9 Å². The third-order valence-corrected chi connectivity index (χ3v) is 10.00. The number of amides is 2. The normalized spacial score (nSPS) is 19.7. The van der Waals surface area contributed by atoms with Gasteiger partial charge in [0.15, 0.2) is 0 Å². The van der Waals surface area contributed by atoms with Gasteiger partial charge in [-0.1, -0.05) is 43.3 Å². The highest BCUT2D eigenvalue weighted by Crippen LogP contribution is 2.39. The Hall–Kier alpha value is -4.86. The predicted octanol–water partition coefficient (Wildman–Crippen LogP) is 9.18. The van der Waals surface area contributed by atoms with Crippen LogP contribution in [0.3, 0.4) is 0 Å². The molecule has 0 aliphatic carbocycles. The number of likely N-dealkylation sites (tertiary alicyclic amines) is 2. The second-order valence-electron chi connectivity index (χ2n) is 16.4. The van der Waals surface area contributed by atoms with Gasteiger partial charge in [0, 0.05) is 27.2 Å². The molecular weight excluding hydrogens is 640 g/mol. The summed E-state index contributed by atoms with van der Waals surface area (Å²) in [6.45, 7) is 14.9. The van der Waals surface area contributed by atoms with Crippen LogP contribution in [0.2, 0.25) is 0 Å². The van der Waals surface area contributed by atoms with E-state index in [1.807, 2.05) is 65.4 Å². The number of hydrogen-bond acceptors (Lipinski definition) is 6. The monoisotopic (exact) mass is 690 g/mol. The van der Waals surface area contributed by atoms with E-state index in [9.17, 15) is 9.59 Å². The van der Waals surface area contributed by atoms with Crippen molar-refractivity contribution < 1.29 is 19.1 Å². The predicted molar refractivity (Wildman–Crippen MR) is 200 cm³/mol. The fraction of sp³-hybridized carbons (Fsp3) is 0.463. The van der Waals surface area contributed by atoms with Crippen molar-refractivity contribution in [2.75, 3.05) is 13.1 Å². The van der Waals surface area contributed by atoms with E-state index in [2.05, 4.69) is 76.7 Å². The first-order valence-electron chi connectivity index (χ1n) is 18.1. The maximum Gasteiger partial charge on any atom is 0.410 e. The first-order chi connectivity index (χ1) is 24.1. The van der Waals surface area contributed by atoms with Gasteiger partial charge in [-0.15, -0.1) is 0 Å². The maximum absolute atomic E-state index is 13.1. The minimum Gasteiger partial charge on any atom is -0.444 e. The van der Waals surface area contributed by atoms with Gasteiger partial charge in [-0.05, 0) is 113 Å². The van der Waals surface area contributed by atoms with E-state index in [-0.39, 0.29) is 24.3 Å². The molecule has 2 fully saturated rings. The molecule has 3 atom stereocenters. The number of fused-ring (bicyclic) bond motifs is 2. The zero-order valence-corrected chi connectivity index (χ0v) is 31.4. The Morgan fingerprint density at radius 3 is 1.61 bits per heavy atom. The molecular formula is C41H50N6O4. The Bertz CT molecular complexity index is 2120. The van der Waals surface area contributed by atoms with Gasteiger partial charge in [-0.3, -0.25) is 9.80 Å². The topological polar surface area (TPSA) is 94.7 Å². The summed E-state index contributed by atoms with van der Waals surface area (Å²) in [5.41, 5.74) is 7.21. The number of nitrogens with zero attached hydrogens (tertiary/aromatic N) is 6. The summed E-state index contributed by atoms with van der Waals surface area (Å²) in [5, 5.41) is 0. The Morgan fingerprint density at radius 2 is 1.12 bits per heavy atom. The van der Waals surface area contributed by atoms with E-state index in [0.717, 1.165) is 75.2 Å². The highest BCUT2D eigenvalue weighted by atomic mass is 16.6. The van der Waals surface area contributed by atoms with Crippen LogP contribution in [-0.4, -0.2) is 65.4 Å². The van der Waals surface area contributed by atoms with Crippen LogP contribution in [0.1, 0.15) is 91.5 Å². The lowest BCUT2D eigenvalue weighted by Crippen LogP contribution is -2.37. The van der Waals surface area contributed by atoms with Crippen molar-refractivity contribution in [2.24, 2.45) is 20.0 Å². The van der Waals surface area contributed by atoms with Crippen molar-refractivity contribution in [3.63, 3.8) is 0 Å². The molecule has 10 heteroatoms. The van der Waals surface area contributed by atoms with Crippen LogP contribution in [0, 0.1) is 5.92 Å². The molecule has 0 spiro atoms. The molecule has 10 nitrogen and oxygen atoms in total. The molecule has 268 valence electrons. The third kappa shape index (κ3) is 6.80. The molecule has 0 radical (unpaired) electrons. The maximum atomic E-state index is 13.1. The van der Waals surface area contributed by atoms with Crippen LogP contribution in [0.25, 0.3) is 44.3 Å². The van der Waals surface area contributed by atoms with Gasteiger partial charge in [0.05, 0.1) is 34.2 Å². The molecule has 0 unspecified atom stereocenters. The van der Waals surface area contributed by atoms with Crippen molar-refractivity contribution >= 4 is 34.3 Å². The highest BCUT2D eigenvalue weighted by molar-refractivity contribution is 5.85. The van der Waals surface area contributed by atoms with Crippen LogP contribution < -0.4 is 0 Å². The lowest BCUT2D eigenvalue weighted by atomic mass is 10.00. The molecule has 0 N–H and O–H groups in total. The summed E-state index contributed by atoms with van der Waals surface area (Å²) in [6, 6.07) is 21.1. The van der Waals surface area contributed by atoms with Gasteiger partial charge in [-0.2, -0.15) is 0 Å². The van der Waals surface area contributed by atoms with E-state index in [4.69, 9.17) is 19.4 Å². The lowest BCUT2D eigenvalue weighted by Gasteiger charge is -2.28. The van der Waals surface area contributed by atoms with E-state index in [1.165, 1.54) is 0 Å². The standard InChI is InChI=1S/C41H50N6O4/c1-25-21-35(47(24-25)39(49)51-41(5,6)7)37-43-31-19-17-29(23-34(31)45(37)9)27-14-12-26(13-15-27)28-16-18-30-33(22-28)44(8)36(42-30)32-11-10-20-46(32)38(48)50-40(2,3)4/h12-19,22-23,25,32,35H,10-11,20-21,24H2,1-9H3/t25-,32-,35-/m0/s1. The number of aromatic nitrogens is 4. The number of aryl methyl sites for hydroxylation is 2. The summed E-state index contributed by atoms with van der Waals surface area (Å²) in [7, 11) is 4.07. The van der Waals surface area contributed by atoms with E-state index >= 15 is 0 Å². The number of hydrogen-bond donors (Lipinski definition) is 0. The zero-order valence-electron chi connectivity index (χ0n) is 31.4. The zero-order chi connectivity index (χ0) is 36.4.